The summed E-state index contributed by atoms with van der Waals surface area (Å²) in [7, 11) is 1.52. The van der Waals surface area contributed by atoms with Crippen LogP contribution in [0, 0.1) is 5.92 Å². The minimum absolute atomic E-state index is 0.226. The van der Waals surface area contributed by atoms with E-state index in [1.807, 2.05) is 36.4 Å². The van der Waals surface area contributed by atoms with E-state index in [-0.39, 0.29) is 11.5 Å². The van der Waals surface area contributed by atoms with Gasteiger partial charge in [-0.25, -0.2) is 4.79 Å². The molecule has 0 heterocycles. The smallest absolute Gasteiger partial charge is 0.256 e. The standard InChI is InChI=1S/C20H20N2O3/c1-22-20(25)16(12-14-8-4-2-5-9-14)18(17(13-23)19(21)24)15-10-6-3-7-11-15/h2-11,16,18H,12H2,1H3,(H2,21,24)(H,22,25). The molecule has 2 atom stereocenters. The van der Waals surface area contributed by atoms with Crippen molar-refractivity contribution in [3.8, 4) is 0 Å². The van der Waals surface area contributed by atoms with Crippen LogP contribution in [-0.4, -0.2) is 24.8 Å². The van der Waals surface area contributed by atoms with Crippen LogP contribution in [0.4, 0.5) is 0 Å². The van der Waals surface area contributed by atoms with E-state index in [1.165, 1.54) is 7.05 Å². The molecule has 5 heteroatoms. The maximum atomic E-state index is 12.6. The SMILES string of the molecule is CNC(=O)C(Cc1ccccc1)C(C(=C=O)C(N)=O)c1ccccc1. The van der Waals surface area contributed by atoms with Crippen molar-refractivity contribution in [2.45, 2.75) is 12.3 Å². The number of nitrogens with one attached hydrogen (secondary N) is 1. The zero-order chi connectivity index (χ0) is 18.2. The van der Waals surface area contributed by atoms with Crippen LogP contribution in [0.15, 0.2) is 66.2 Å². The van der Waals surface area contributed by atoms with Gasteiger partial charge in [0.2, 0.25) is 5.91 Å². The normalized spacial score (nSPS) is 12.5. The lowest BCUT2D eigenvalue weighted by Gasteiger charge is -2.26. The number of nitrogens with two attached hydrogens (primary N) is 1. The molecule has 2 aromatic carbocycles. The van der Waals surface area contributed by atoms with Gasteiger partial charge in [0, 0.05) is 13.0 Å². The van der Waals surface area contributed by atoms with Crippen molar-refractivity contribution in [1.29, 1.82) is 0 Å². The van der Waals surface area contributed by atoms with Gasteiger partial charge in [0.1, 0.15) is 11.5 Å². The number of benzene rings is 2. The first-order chi connectivity index (χ1) is 12.1. The van der Waals surface area contributed by atoms with Gasteiger partial charge in [0.15, 0.2) is 0 Å². The Labute approximate surface area is 146 Å². The summed E-state index contributed by atoms with van der Waals surface area (Å²) in [6.07, 6.45) is 0.360. The summed E-state index contributed by atoms with van der Waals surface area (Å²) >= 11 is 0. The largest absolute Gasteiger partial charge is 0.365 e. The van der Waals surface area contributed by atoms with Gasteiger partial charge in [0.25, 0.3) is 5.91 Å². The molecular formula is C20H20N2O3. The minimum Gasteiger partial charge on any atom is -0.365 e. The van der Waals surface area contributed by atoms with Crippen LogP contribution in [0.25, 0.3) is 0 Å². The Balaban J connectivity index is 2.54. The average molecular weight is 336 g/mol. The van der Waals surface area contributed by atoms with Crippen molar-refractivity contribution in [2.24, 2.45) is 11.7 Å². The van der Waals surface area contributed by atoms with E-state index < -0.39 is 17.7 Å². The van der Waals surface area contributed by atoms with E-state index in [0.29, 0.717) is 12.0 Å². The zero-order valence-electron chi connectivity index (χ0n) is 13.9. The lowest BCUT2D eigenvalue weighted by atomic mass is 9.77. The Morgan fingerprint density at radius 1 is 1.04 bits per heavy atom. The molecule has 0 aromatic heterocycles. The fraction of sp³-hybridized carbons (Fsp3) is 0.200. The number of carbonyl (C=O) groups is 2. The molecule has 0 radical (unpaired) electrons. The van der Waals surface area contributed by atoms with E-state index in [2.05, 4.69) is 5.32 Å². The molecule has 0 aliphatic carbocycles. The molecule has 128 valence electrons. The van der Waals surface area contributed by atoms with Gasteiger partial charge in [-0.15, -0.1) is 0 Å². The lowest BCUT2D eigenvalue weighted by molar-refractivity contribution is -0.125. The maximum absolute atomic E-state index is 12.6. The lowest BCUT2D eigenvalue weighted by Crippen LogP contribution is -2.36. The third-order valence-corrected chi connectivity index (χ3v) is 4.13. The summed E-state index contributed by atoms with van der Waals surface area (Å²) in [6.45, 7) is 0. The highest BCUT2D eigenvalue weighted by Crippen LogP contribution is 2.33. The predicted molar refractivity (Wildman–Crippen MR) is 95.3 cm³/mol. The van der Waals surface area contributed by atoms with Gasteiger partial charge >= 0.3 is 0 Å². The van der Waals surface area contributed by atoms with Crippen LogP contribution in [0.5, 0.6) is 0 Å². The molecule has 0 saturated heterocycles. The number of amides is 2. The van der Waals surface area contributed by atoms with Crippen molar-refractivity contribution >= 4 is 17.8 Å². The highest BCUT2D eigenvalue weighted by Gasteiger charge is 2.35. The molecule has 5 nitrogen and oxygen atoms in total. The van der Waals surface area contributed by atoms with Crippen LogP contribution < -0.4 is 11.1 Å². The number of hydrogen-bond acceptors (Lipinski definition) is 3. The summed E-state index contributed by atoms with van der Waals surface area (Å²) in [5.74, 6) is -0.919. The first-order valence-electron chi connectivity index (χ1n) is 7.93. The molecule has 0 aliphatic heterocycles. The molecule has 2 unspecified atom stereocenters. The second-order valence-electron chi connectivity index (χ2n) is 5.68. The van der Waals surface area contributed by atoms with E-state index >= 15 is 0 Å². The molecule has 0 aliphatic rings. The molecular weight excluding hydrogens is 316 g/mol. The Morgan fingerprint density at radius 2 is 1.60 bits per heavy atom. The fourth-order valence-corrected chi connectivity index (χ4v) is 2.94. The van der Waals surface area contributed by atoms with Crippen LogP contribution in [0.3, 0.4) is 0 Å². The van der Waals surface area contributed by atoms with Crippen LogP contribution in [0.1, 0.15) is 17.0 Å². The van der Waals surface area contributed by atoms with Gasteiger partial charge in [-0.2, -0.15) is 0 Å². The zero-order valence-corrected chi connectivity index (χ0v) is 13.9. The summed E-state index contributed by atoms with van der Waals surface area (Å²) in [6, 6.07) is 18.4. The second kappa shape index (κ2) is 8.62. The van der Waals surface area contributed by atoms with E-state index in [1.54, 1.807) is 30.2 Å². The van der Waals surface area contributed by atoms with Crippen molar-refractivity contribution < 1.29 is 14.4 Å². The van der Waals surface area contributed by atoms with Gasteiger partial charge < -0.3 is 11.1 Å². The Morgan fingerprint density at radius 3 is 2.08 bits per heavy atom. The molecule has 0 saturated carbocycles. The van der Waals surface area contributed by atoms with E-state index in [9.17, 15) is 14.4 Å². The number of hydrogen-bond donors (Lipinski definition) is 2. The van der Waals surface area contributed by atoms with Crippen molar-refractivity contribution in [1.82, 2.24) is 5.32 Å². The third-order valence-electron chi connectivity index (χ3n) is 4.13. The van der Waals surface area contributed by atoms with Crippen molar-refractivity contribution in [3.63, 3.8) is 0 Å². The topological polar surface area (TPSA) is 89.3 Å². The van der Waals surface area contributed by atoms with Crippen LogP contribution >= 0.6 is 0 Å². The molecule has 0 spiro atoms. The average Bonchev–Trinajstić information content (AvgIpc) is 2.65. The molecule has 2 aromatic rings. The summed E-state index contributed by atoms with van der Waals surface area (Å²) < 4.78 is 0. The van der Waals surface area contributed by atoms with Crippen molar-refractivity contribution in [3.05, 3.63) is 77.4 Å². The highest BCUT2D eigenvalue weighted by atomic mass is 16.2. The van der Waals surface area contributed by atoms with Gasteiger partial charge in [0.05, 0.1) is 5.92 Å². The third kappa shape index (κ3) is 4.43. The van der Waals surface area contributed by atoms with Crippen molar-refractivity contribution in [2.75, 3.05) is 7.05 Å². The number of carbonyl (C=O) groups excluding carboxylic acids is 3. The maximum Gasteiger partial charge on any atom is 0.256 e. The monoisotopic (exact) mass is 336 g/mol. The number of rotatable bonds is 7. The molecule has 2 rings (SSSR count). The predicted octanol–water partition coefficient (Wildman–Crippen LogP) is 1.62. The molecule has 3 N–H and O–H groups in total. The van der Waals surface area contributed by atoms with Crippen LogP contribution in [0.2, 0.25) is 0 Å². The Kier molecular flexibility index (Phi) is 6.26. The Bertz CT molecular complexity index is 781. The first kappa shape index (κ1) is 18.2. The molecule has 0 fully saturated rings. The molecule has 0 bridgehead atoms. The van der Waals surface area contributed by atoms with Gasteiger partial charge in [-0.05, 0) is 17.5 Å². The quantitative estimate of drug-likeness (QED) is 0.595. The van der Waals surface area contributed by atoms with E-state index in [0.717, 1.165) is 5.56 Å². The molecule has 25 heavy (non-hydrogen) atoms. The minimum atomic E-state index is -0.870. The van der Waals surface area contributed by atoms with Gasteiger partial charge in [-0.3, -0.25) is 9.59 Å². The summed E-state index contributed by atoms with van der Waals surface area (Å²) in [4.78, 5) is 35.8. The summed E-state index contributed by atoms with van der Waals surface area (Å²) in [5.41, 5.74) is 6.76. The number of primary amides is 1. The van der Waals surface area contributed by atoms with Gasteiger partial charge in [-0.1, -0.05) is 60.7 Å². The second-order valence-corrected chi connectivity index (χ2v) is 5.68. The fourth-order valence-electron chi connectivity index (χ4n) is 2.94. The first-order valence-corrected chi connectivity index (χ1v) is 7.93. The Hall–Kier alpha value is -3.17. The van der Waals surface area contributed by atoms with Crippen LogP contribution in [-0.2, 0) is 20.8 Å². The van der Waals surface area contributed by atoms with E-state index in [4.69, 9.17) is 5.73 Å². The highest BCUT2D eigenvalue weighted by molar-refractivity contribution is 6.02. The summed E-state index contributed by atoms with van der Waals surface area (Å²) in [5, 5.41) is 2.62. The molecule has 2 amide bonds.